The highest BCUT2D eigenvalue weighted by atomic mass is 32.2. The third kappa shape index (κ3) is 4.36. The van der Waals surface area contributed by atoms with E-state index in [2.05, 4.69) is 15.0 Å². The number of pyridine rings is 1. The standard InChI is InChI=1S/C27H30FN5O3S/c1-31-18-20(16-30-31)25-19-33(37(34,35)23-5-3-2-4-6-23)26-24(25)15-21(17-29-26)27(28)9-7-22(8-10-27)32-11-13-36-14-12-32/h2-6,15-19,22H,7-14H2,1H3. The molecule has 2 aliphatic rings. The second-order valence-electron chi connectivity index (χ2n) is 10.00. The van der Waals surface area contributed by atoms with Crippen LogP contribution in [0.3, 0.4) is 0 Å². The summed E-state index contributed by atoms with van der Waals surface area (Å²) in [6.07, 6.45) is 8.95. The zero-order chi connectivity index (χ0) is 25.6. The minimum absolute atomic E-state index is 0.166. The number of benzene rings is 1. The maximum absolute atomic E-state index is 16.4. The monoisotopic (exact) mass is 523 g/mol. The number of morpholine rings is 1. The number of rotatable bonds is 5. The van der Waals surface area contributed by atoms with E-state index in [1.54, 1.807) is 60.5 Å². The molecule has 0 unspecified atom stereocenters. The number of halogens is 1. The Kier molecular flexibility index (Phi) is 6.13. The summed E-state index contributed by atoms with van der Waals surface area (Å²) in [5.74, 6) is 0. The van der Waals surface area contributed by atoms with Crippen LogP contribution in [0.1, 0.15) is 31.2 Å². The summed E-state index contributed by atoms with van der Waals surface area (Å²) in [6, 6.07) is 10.4. The molecule has 1 saturated heterocycles. The Morgan fingerprint density at radius 2 is 1.78 bits per heavy atom. The van der Waals surface area contributed by atoms with Gasteiger partial charge in [-0.15, -0.1) is 0 Å². The van der Waals surface area contributed by atoms with E-state index in [0.717, 1.165) is 44.7 Å². The molecule has 3 aromatic heterocycles. The fourth-order valence-corrected chi connectivity index (χ4v) is 7.01. The van der Waals surface area contributed by atoms with Crippen molar-refractivity contribution in [3.63, 3.8) is 0 Å². The molecule has 0 radical (unpaired) electrons. The van der Waals surface area contributed by atoms with Crippen LogP contribution in [0.5, 0.6) is 0 Å². The molecule has 1 saturated carbocycles. The first-order valence-electron chi connectivity index (χ1n) is 12.7. The second kappa shape index (κ2) is 9.34. The zero-order valence-corrected chi connectivity index (χ0v) is 21.6. The van der Waals surface area contributed by atoms with Crippen molar-refractivity contribution in [3.05, 3.63) is 66.7 Å². The van der Waals surface area contributed by atoms with E-state index in [1.807, 2.05) is 6.20 Å². The SMILES string of the molecule is Cn1cc(-c2cn(S(=O)(=O)c3ccccc3)c3ncc(C4(F)CCC(N5CCOCC5)CC4)cc23)cn1. The van der Waals surface area contributed by atoms with Gasteiger partial charge in [-0.05, 0) is 43.9 Å². The van der Waals surface area contributed by atoms with E-state index < -0.39 is 15.7 Å². The van der Waals surface area contributed by atoms with Crippen molar-refractivity contribution in [3.8, 4) is 11.1 Å². The minimum Gasteiger partial charge on any atom is -0.379 e. The smallest absolute Gasteiger partial charge is 0.269 e. The molecule has 194 valence electrons. The maximum Gasteiger partial charge on any atom is 0.269 e. The summed E-state index contributed by atoms with van der Waals surface area (Å²) >= 11 is 0. The van der Waals surface area contributed by atoms with Gasteiger partial charge in [0.1, 0.15) is 5.67 Å². The van der Waals surface area contributed by atoms with Crippen molar-refractivity contribution in [1.82, 2.24) is 23.6 Å². The number of aromatic nitrogens is 4. The van der Waals surface area contributed by atoms with Crippen molar-refractivity contribution in [2.45, 2.75) is 42.3 Å². The van der Waals surface area contributed by atoms with Crippen LogP contribution in [0, 0.1) is 0 Å². The number of hydrogen-bond acceptors (Lipinski definition) is 6. The summed E-state index contributed by atoms with van der Waals surface area (Å²) in [4.78, 5) is 7.13. The zero-order valence-electron chi connectivity index (χ0n) is 20.8. The predicted octanol–water partition coefficient (Wildman–Crippen LogP) is 4.11. The normalized spacial score (nSPS) is 23.5. The number of fused-ring (bicyclic) bond motifs is 1. The summed E-state index contributed by atoms with van der Waals surface area (Å²) in [7, 11) is -2.10. The van der Waals surface area contributed by atoms with Gasteiger partial charge in [-0.25, -0.2) is 21.8 Å². The van der Waals surface area contributed by atoms with Crippen LogP contribution in [0.15, 0.2) is 66.1 Å². The van der Waals surface area contributed by atoms with E-state index in [1.165, 1.54) is 10.2 Å². The van der Waals surface area contributed by atoms with Crippen molar-refractivity contribution >= 4 is 21.1 Å². The quantitative estimate of drug-likeness (QED) is 0.392. The molecule has 1 aromatic carbocycles. The van der Waals surface area contributed by atoms with E-state index in [4.69, 9.17) is 4.74 Å². The molecule has 37 heavy (non-hydrogen) atoms. The lowest BCUT2D eigenvalue weighted by molar-refractivity contribution is -0.0116. The largest absolute Gasteiger partial charge is 0.379 e. The van der Waals surface area contributed by atoms with Crippen LogP contribution >= 0.6 is 0 Å². The third-order valence-electron chi connectivity index (χ3n) is 7.75. The lowest BCUT2D eigenvalue weighted by Gasteiger charge is -2.41. The van der Waals surface area contributed by atoms with Crippen LogP contribution in [0.2, 0.25) is 0 Å². The molecule has 0 amide bonds. The maximum atomic E-state index is 16.4. The molecule has 2 fully saturated rings. The summed E-state index contributed by atoms with van der Waals surface area (Å²) in [5, 5.41) is 4.85. The Hall–Kier alpha value is -3.08. The first-order valence-corrected chi connectivity index (χ1v) is 14.1. The average Bonchev–Trinajstić information content (AvgIpc) is 3.53. The topological polar surface area (TPSA) is 82.2 Å². The first-order chi connectivity index (χ1) is 17.8. The third-order valence-corrected chi connectivity index (χ3v) is 9.42. The second-order valence-corrected chi connectivity index (χ2v) is 11.8. The van der Waals surface area contributed by atoms with Gasteiger partial charge in [0.05, 0.1) is 24.3 Å². The van der Waals surface area contributed by atoms with Crippen molar-refractivity contribution in [1.29, 1.82) is 0 Å². The molecule has 10 heteroatoms. The van der Waals surface area contributed by atoms with Gasteiger partial charge in [0.25, 0.3) is 10.0 Å². The molecule has 0 bridgehead atoms. The Balaban J connectivity index is 1.40. The summed E-state index contributed by atoms with van der Waals surface area (Å²) in [5.41, 5.74) is 0.675. The highest BCUT2D eigenvalue weighted by molar-refractivity contribution is 7.90. The molecule has 1 aliphatic heterocycles. The molecular formula is C27H30FN5O3S. The highest BCUT2D eigenvalue weighted by Gasteiger charge is 2.39. The molecule has 4 aromatic rings. The Bertz CT molecular complexity index is 1520. The van der Waals surface area contributed by atoms with E-state index in [9.17, 15) is 8.42 Å². The van der Waals surface area contributed by atoms with E-state index in [-0.39, 0.29) is 10.5 Å². The highest BCUT2D eigenvalue weighted by Crippen LogP contribution is 2.44. The van der Waals surface area contributed by atoms with E-state index in [0.29, 0.717) is 35.4 Å². The lowest BCUT2D eigenvalue weighted by atomic mass is 9.79. The van der Waals surface area contributed by atoms with Crippen LogP contribution in [-0.2, 0) is 27.5 Å². The van der Waals surface area contributed by atoms with Gasteiger partial charge in [-0.2, -0.15) is 5.10 Å². The van der Waals surface area contributed by atoms with Crippen molar-refractivity contribution in [2.75, 3.05) is 26.3 Å². The molecule has 0 N–H and O–H groups in total. The molecule has 6 rings (SSSR count). The molecule has 1 aliphatic carbocycles. The summed E-state index contributed by atoms with van der Waals surface area (Å²) in [6.45, 7) is 3.26. The van der Waals surface area contributed by atoms with Gasteiger partial charge in [0.15, 0.2) is 5.65 Å². The molecule has 8 nitrogen and oxygen atoms in total. The fourth-order valence-electron chi connectivity index (χ4n) is 5.66. The molecular weight excluding hydrogens is 493 g/mol. The predicted molar refractivity (Wildman–Crippen MR) is 138 cm³/mol. The molecule has 0 atom stereocenters. The van der Waals surface area contributed by atoms with Gasteiger partial charge in [-0.1, -0.05) is 18.2 Å². The number of ether oxygens (including phenoxy) is 1. The van der Waals surface area contributed by atoms with Crippen LogP contribution in [-0.4, -0.2) is 64.4 Å². The number of nitrogens with zero attached hydrogens (tertiary/aromatic N) is 5. The number of aryl methyl sites for hydroxylation is 1. The van der Waals surface area contributed by atoms with Crippen molar-refractivity contribution < 1.29 is 17.5 Å². The molecule has 4 heterocycles. The van der Waals surface area contributed by atoms with Crippen molar-refractivity contribution in [2.24, 2.45) is 7.05 Å². The van der Waals surface area contributed by atoms with Crippen LogP contribution in [0.4, 0.5) is 4.39 Å². The Morgan fingerprint density at radius 1 is 1.05 bits per heavy atom. The first kappa shape index (κ1) is 24.3. The fraction of sp³-hybridized carbons (Fsp3) is 0.407. The Morgan fingerprint density at radius 3 is 2.46 bits per heavy atom. The van der Waals surface area contributed by atoms with Crippen LogP contribution < -0.4 is 0 Å². The summed E-state index contributed by atoms with van der Waals surface area (Å²) < 4.78 is 51.8. The van der Waals surface area contributed by atoms with Gasteiger partial charge >= 0.3 is 0 Å². The van der Waals surface area contributed by atoms with Gasteiger partial charge in [0.2, 0.25) is 0 Å². The minimum atomic E-state index is -3.90. The number of hydrogen-bond donors (Lipinski definition) is 0. The molecule has 0 spiro atoms. The van der Waals surface area contributed by atoms with Gasteiger partial charge < -0.3 is 4.74 Å². The average molecular weight is 524 g/mol. The van der Waals surface area contributed by atoms with Crippen LogP contribution in [0.25, 0.3) is 22.2 Å². The Labute approximate surface area is 215 Å². The van der Waals surface area contributed by atoms with E-state index >= 15 is 4.39 Å². The number of alkyl halides is 1. The van der Waals surface area contributed by atoms with Gasteiger partial charge in [-0.3, -0.25) is 9.58 Å². The van der Waals surface area contributed by atoms with Gasteiger partial charge in [0, 0.05) is 66.8 Å². The lowest BCUT2D eigenvalue weighted by Crippen LogP contribution is -2.46.